The minimum Gasteiger partial charge on any atom is -0.497 e. The van der Waals surface area contributed by atoms with Gasteiger partial charge >= 0.3 is 17.9 Å². The fourth-order valence-electron chi connectivity index (χ4n) is 4.50. The van der Waals surface area contributed by atoms with E-state index in [1.54, 1.807) is 18.4 Å². The summed E-state index contributed by atoms with van der Waals surface area (Å²) in [6.07, 6.45) is -2.29. The molecular formula is C29H32FNO9S. The number of benzene rings is 2. The maximum absolute atomic E-state index is 13.4. The second-order valence-electron chi connectivity index (χ2n) is 9.57. The standard InChI is InChI=1S/C23H24FNO2S.C6H8O7/c1-26-20-10-4-17(5-11-20)13-25(14-21-3-2-12-28-21)23-16-27-15-22(23)18-6-8-19(24)9-7-18;7-3(8)1-6(13,5(11)12)2-4(9)10/h2-12,22-23H,13-16H2,1H3;13H,1-2H2,(H,7,8)(H,9,10)(H,11,12)/t22-,23+;/m0./s1. The molecular weight excluding hydrogens is 557 g/mol. The molecule has 220 valence electrons. The van der Waals surface area contributed by atoms with E-state index in [-0.39, 0.29) is 17.8 Å². The molecule has 4 rings (SSSR count). The molecule has 1 saturated heterocycles. The quantitative estimate of drug-likeness (QED) is 0.245. The summed E-state index contributed by atoms with van der Waals surface area (Å²) in [5, 5.41) is 35.9. The van der Waals surface area contributed by atoms with E-state index in [9.17, 15) is 18.8 Å². The SMILES string of the molecule is COc1ccc(CN(Cc2cccs2)[C@@H]2COC[C@H]2c2ccc(F)cc2)cc1.O=C(O)CC(O)(CC(=O)O)C(=O)O. The minimum absolute atomic E-state index is 0.201. The number of halogens is 1. The fourth-order valence-corrected chi connectivity index (χ4v) is 5.23. The molecule has 0 aliphatic carbocycles. The molecule has 3 aromatic rings. The molecule has 1 aliphatic rings. The largest absolute Gasteiger partial charge is 0.497 e. The van der Waals surface area contributed by atoms with Gasteiger partial charge in [0.05, 0.1) is 33.2 Å². The van der Waals surface area contributed by atoms with Gasteiger partial charge < -0.3 is 29.9 Å². The molecule has 0 unspecified atom stereocenters. The van der Waals surface area contributed by atoms with Gasteiger partial charge in [0, 0.05) is 29.9 Å². The van der Waals surface area contributed by atoms with Crippen LogP contribution in [0.4, 0.5) is 4.39 Å². The van der Waals surface area contributed by atoms with Gasteiger partial charge in [0.25, 0.3) is 0 Å². The first-order valence-electron chi connectivity index (χ1n) is 12.6. The minimum atomic E-state index is -2.74. The molecule has 1 aliphatic heterocycles. The number of carbonyl (C=O) groups is 3. The number of methoxy groups -OCH3 is 1. The van der Waals surface area contributed by atoms with E-state index >= 15 is 0 Å². The molecule has 41 heavy (non-hydrogen) atoms. The second kappa shape index (κ2) is 14.7. The van der Waals surface area contributed by atoms with Crippen LogP contribution in [-0.2, 0) is 32.2 Å². The Morgan fingerprint density at radius 1 is 0.976 bits per heavy atom. The average Bonchev–Trinajstić information content (AvgIpc) is 3.61. The molecule has 10 nitrogen and oxygen atoms in total. The third kappa shape index (κ3) is 9.35. The van der Waals surface area contributed by atoms with Gasteiger partial charge in [0.2, 0.25) is 0 Å². The van der Waals surface area contributed by atoms with Crippen molar-refractivity contribution < 1.29 is 48.7 Å². The van der Waals surface area contributed by atoms with Crippen molar-refractivity contribution in [3.05, 3.63) is 87.9 Å². The maximum Gasteiger partial charge on any atom is 0.336 e. The van der Waals surface area contributed by atoms with E-state index in [0.717, 1.165) is 24.4 Å². The van der Waals surface area contributed by atoms with Crippen molar-refractivity contribution in [2.24, 2.45) is 0 Å². The van der Waals surface area contributed by atoms with Crippen LogP contribution in [0.3, 0.4) is 0 Å². The van der Waals surface area contributed by atoms with Gasteiger partial charge in [-0.1, -0.05) is 30.3 Å². The van der Waals surface area contributed by atoms with Crippen molar-refractivity contribution in [2.75, 3.05) is 20.3 Å². The Hall–Kier alpha value is -3.84. The van der Waals surface area contributed by atoms with Gasteiger partial charge in [-0.15, -0.1) is 11.3 Å². The number of ether oxygens (including phenoxy) is 2. The van der Waals surface area contributed by atoms with Crippen molar-refractivity contribution in [3.8, 4) is 5.75 Å². The normalized spacial score (nSPS) is 16.6. The second-order valence-corrected chi connectivity index (χ2v) is 10.6. The Morgan fingerprint density at radius 2 is 1.61 bits per heavy atom. The first kappa shape index (κ1) is 31.7. The van der Waals surface area contributed by atoms with Crippen molar-refractivity contribution in [3.63, 3.8) is 0 Å². The summed E-state index contributed by atoms with van der Waals surface area (Å²) >= 11 is 1.77. The van der Waals surface area contributed by atoms with Crippen molar-refractivity contribution in [2.45, 2.75) is 43.5 Å². The number of thiophene rings is 1. The van der Waals surface area contributed by atoms with Gasteiger partial charge in [0.1, 0.15) is 11.6 Å². The Morgan fingerprint density at radius 3 is 2.12 bits per heavy atom. The van der Waals surface area contributed by atoms with Crippen molar-refractivity contribution in [1.29, 1.82) is 0 Å². The van der Waals surface area contributed by atoms with Gasteiger partial charge in [-0.05, 0) is 46.8 Å². The molecule has 1 aromatic heterocycles. The summed E-state index contributed by atoms with van der Waals surface area (Å²) in [6, 6.07) is 19.6. The number of nitrogens with zero attached hydrogens (tertiary/aromatic N) is 1. The lowest BCUT2D eigenvalue weighted by atomic mass is 9.93. The molecule has 2 heterocycles. The molecule has 4 N–H and O–H groups in total. The number of carboxylic acids is 3. The summed E-state index contributed by atoms with van der Waals surface area (Å²) in [5.41, 5.74) is -0.366. The molecule has 0 amide bonds. The summed E-state index contributed by atoms with van der Waals surface area (Å²) in [7, 11) is 1.68. The molecule has 0 bridgehead atoms. The van der Waals surface area contributed by atoms with Gasteiger partial charge in [-0.25, -0.2) is 9.18 Å². The summed E-state index contributed by atoms with van der Waals surface area (Å²) in [5.74, 6) is -4.12. The van der Waals surface area contributed by atoms with Crippen LogP contribution in [0.2, 0.25) is 0 Å². The lowest BCUT2D eigenvalue weighted by molar-refractivity contribution is -0.170. The van der Waals surface area contributed by atoms with Crippen LogP contribution in [0.5, 0.6) is 5.75 Å². The highest BCUT2D eigenvalue weighted by molar-refractivity contribution is 7.09. The molecule has 0 saturated carbocycles. The summed E-state index contributed by atoms with van der Waals surface area (Å²) in [4.78, 5) is 34.3. The molecule has 0 spiro atoms. The van der Waals surface area contributed by atoms with E-state index in [4.69, 9.17) is 29.9 Å². The van der Waals surface area contributed by atoms with Crippen LogP contribution < -0.4 is 4.74 Å². The van der Waals surface area contributed by atoms with E-state index in [1.807, 2.05) is 24.3 Å². The van der Waals surface area contributed by atoms with E-state index in [0.29, 0.717) is 13.2 Å². The highest BCUT2D eigenvalue weighted by atomic mass is 32.1. The Balaban J connectivity index is 0.000000302. The monoisotopic (exact) mass is 589 g/mol. The summed E-state index contributed by atoms with van der Waals surface area (Å²) in [6.45, 7) is 3.05. The Kier molecular flexibility index (Phi) is 11.4. The molecule has 2 aromatic carbocycles. The number of aliphatic carboxylic acids is 3. The molecule has 2 atom stereocenters. The number of carboxylic acid groups (broad SMARTS) is 3. The van der Waals surface area contributed by atoms with Crippen LogP contribution in [0, 0.1) is 5.82 Å². The Labute approximate surface area is 240 Å². The number of aliphatic hydroxyl groups is 1. The average molecular weight is 590 g/mol. The topological polar surface area (TPSA) is 154 Å². The Bertz CT molecular complexity index is 1270. The van der Waals surface area contributed by atoms with Crippen LogP contribution in [0.15, 0.2) is 66.0 Å². The van der Waals surface area contributed by atoms with Crippen molar-refractivity contribution in [1.82, 2.24) is 4.90 Å². The van der Waals surface area contributed by atoms with Gasteiger partial charge in [-0.2, -0.15) is 0 Å². The smallest absolute Gasteiger partial charge is 0.336 e. The van der Waals surface area contributed by atoms with Crippen molar-refractivity contribution >= 4 is 29.2 Å². The zero-order valence-electron chi connectivity index (χ0n) is 22.3. The predicted octanol–water partition coefficient (Wildman–Crippen LogP) is 3.83. The predicted molar refractivity (Wildman–Crippen MR) is 147 cm³/mol. The lowest BCUT2D eigenvalue weighted by Gasteiger charge is -2.32. The van der Waals surface area contributed by atoms with E-state index < -0.39 is 36.4 Å². The number of hydrogen-bond acceptors (Lipinski definition) is 8. The van der Waals surface area contributed by atoms with Crippen LogP contribution >= 0.6 is 11.3 Å². The van der Waals surface area contributed by atoms with Crippen LogP contribution in [0.25, 0.3) is 0 Å². The third-order valence-electron chi connectivity index (χ3n) is 6.59. The third-order valence-corrected chi connectivity index (χ3v) is 7.45. The first-order chi connectivity index (χ1) is 19.5. The zero-order valence-corrected chi connectivity index (χ0v) is 23.1. The number of rotatable bonds is 12. The number of hydrogen-bond donors (Lipinski definition) is 4. The lowest BCUT2D eigenvalue weighted by Crippen LogP contribution is -2.42. The highest BCUT2D eigenvalue weighted by Gasteiger charge is 2.40. The van der Waals surface area contributed by atoms with Crippen LogP contribution in [0.1, 0.15) is 34.8 Å². The van der Waals surface area contributed by atoms with Crippen LogP contribution in [-0.4, -0.2) is 75.2 Å². The first-order valence-corrected chi connectivity index (χ1v) is 13.5. The molecule has 12 heteroatoms. The maximum atomic E-state index is 13.4. The van der Waals surface area contributed by atoms with Gasteiger partial charge in [-0.3, -0.25) is 14.5 Å². The summed E-state index contributed by atoms with van der Waals surface area (Å²) < 4.78 is 24.5. The zero-order chi connectivity index (χ0) is 30.0. The van der Waals surface area contributed by atoms with E-state index in [1.165, 1.54) is 22.6 Å². The van der Waals surface area contributed by atoms with Gasteiger partial charge in [0.15, 0.2) is 5.60 Å². The fraction of sp³-hybridized carbons (Fsp3) is 0.345. The highest BCUT2D eigenvalue weighted by Crippen LogP contribution is 2.32. The van der Waals surface area contributed by atoms with E-state index in [2.05, 4.69) is 34.5 Å². The molecule has 0 radical (unpaired) electrons. The molecule has 1 fully saturated rings.